The summed E-state index contributed by atoms with van der Waals surface area (Å²) in [6.45, 7) is 3.04. The first-order chi connectivity index (χ1) is 13.5. The van der Waals surface area contributed by atoms with Crippen LogP contribution in [0, 0.1) is 16.0 Å². The molecule has 5 nitrogen and oxygen atoms in total. The molecule has 0 saturated carbocycles. The van der Waals surface area contributed by atoms with Gasteiger partial charge in [-0.15, -0.1) is 0 Å². The van der Waals surface area contributed by atoms with Gasteiger partial charge in [0.1, 0.15) is 0 Å². The number of rotatable bonds is 6. The van der Waals surface area contributed by atoms with E-state index in [0.717, 1.165) is 17.6 Å². The number of carbonyl (C=O) groups is 1. The lowest BCUT2D eigenvalue weighted by Gasteiger charge is -2.28. The van der Waals surface area contributed by atoms with Crippen LogP contribution in [0.4, 0.5) is 0 Å². The molecule has 3 atom stereocenters. The molecule has 0 N–H and O–H groups in total. The summed E-state index contributed by atoms with van der Waals surface area (Å²) in [5.41, 5.74) is 4.67. The van der Waals surface area contributed by atoms with Crippen LogP contribution in [-0.2, 0) is 9.53 Å². The minimum absolute atomic E-state index is 0.288. The Morgan fingerprint density at radius 3 is 2.07 bits per heavy atom. The highest BCUT2D eigenvalue weighted by atomic mass is 16.6. The van der Waals surface area contributed by atoms with Crippen molar-refractivity contribution < 1.29 is 14.5 Å². The van der Waals surface area contributed by atoms with Gasteiger partial charge in [-0.1, -0.05) is 60.7 Å². The van der Waals surface area contributed by atoms with Crippen molar-refractivity contribution in [3.8, 4) is 0 Å². The van der Waals surface area contributed by atoms with Crippen molar-refractivity contribution in [3.63, 3.8) is 0 Å². The maximum absolute atomic E-state index is 12.7. The fourth-order valence-electron chi connectivity index (χ4n) is 3.58. The van der Waals surface area contributed by atoms with Crippen molar-refractivity contribution in [2.45, 2.75) is 45.3 Å². The van der Waals surface area contributed by atoms with E-state index in [9.17, 15) is 14.9 Å². The Morgan fingerprint density at radius 2 is 1.54 bits per heavy atom. The molecule has 2 aromatic rings. The maximum Gasteiger partial charge on any atom is 0.309 e. The third-order valence-electron chi connectivity index (χ3n) is 5.45. The predicted molar refractivity (Wildman–Crippen MR) is 109 cm³/mol. The van der Waals surface area contributed by atoms with Gasteiger partial charge in [0.2, 0.25) is 6.04 Å². The van der Waals surface area contributed by atoms with E-state index in [1.54, 1.807) is 6.92 Å². The molecule has 28 heavy (non-hydrogen) atoms. The number of nitro groups is 1. The summed E-state index contributed by atoms with van der Waals surface area (Å²) in [7, 11) is 0. The first kappa shape index (κ1) is 19.8. The van der Waals surface area contributed by atoms with E-state index in [1.165, 1.54) is 18.1 Å². The molecule has 3 rings (SSSR count). The molecule has 0 spiro atoms. The smallest absolute Gasteiger partial charge is 0.309 e. The van der Waals surface area contributed by atoms with Crippen LogP contribution in [0.25, 0.3) is 11.1 Å². The van der Waals surface area contributed by atoms with E-state index in [0.29, 0.717) is 12.8 Å². The Hall–Kier alpha value is -2.95. The van der Waals surface area contributed by atoms with E-state index < -0.39 is 17.1 Å². The van der Waals surface area contributed by atoms with Gasteiger partial charge in [0, 0.05) is 11.8 Å². The fourth-order valence-corrected chi connectivity index (χ4v) is 3.58. The van der Waals surface area contributed by atoms with Gasteiger partial charge >= 0.3 is 5.97 Å². The quantitative estimate of drug-likeness (QED) is 0.403. The Balaban J connectivity index is 1.85. The Kier molecular flexibility index (Phi) is 6.24. The van der Waals surface area contributed by atoms with Crippen molar-refractivity contribution in [2.75, 3.05) is 0 Å². The van der Waals surface area contributed by atoms with Crippen LogP contribution in [0.2, 0.25) is 0 Å². The van der Waals surface area contributed by atoms with Gasteiger partial charge in [-0.2, -0.15) is 0 Å². The summed E-state index contributed by atoms with van der Waals surface area (Å²) in [5.74, 6) is -0.634. The van der Waals surface area contributed by atoms with Crippen molar-refractivity contribution in [1.29, 1.82) is 0 Å². The number of carbonyl (C=O) groups excluding carboxylic acids is 1. The molecular weight excluding hydrogens is 354 g/mol. The highest BCUT2D eigenvalue weighted by Crippen LogP contribution is 2.41. The van der Waals surface area contributed by atoms with Gasteiger partial charge < -0.3 is 4.74 Å². The van der Waals surface area contributed by atoms with Gasteiger partial charge in [-0.05, 0) is 48.5 Å². The van der Waals surface area contributed by atoms with E-state index in [4.69, 9.17) is 4.74 Å². The van der Waals surface area contributed by atoms with Crippen LogP contribution in [0.15, 0.2) is 60.7 Å². The largest absolute Gasteiger partial charge is 0.455 e. The second kappa shape index (κ2) is 8.83. The maximum atomic E-state index is 12.7. The Morgan fingerprint density at radius 1 is 1.00 bits per heavy atom. The molecule has 2 aromatic carbocycles. The summed E-state index contributed by atoms with van der Waals surface area (Å²) in [6.07, 6.45) is 1.28. The lowest BCUT2D eigenvalue weighted by atomic mass is 9.78. The molecule has 5 heteroatoms. The van der Waals surface area contributed by atoms with E-state index in [2.05, 4.69) is 24.3 Å². The molecule has 1 aliphatic rings. The molecule has 146 valence electrons. The van der Waals surface area contributed by atoms with Crippen LogP contribution in [0.3, 0.4) is 0 Å². The average Bonchev–Trinajstić information content (AvgIpc) is 2.73. The predicted octanol–water partition coefficient (Wildman–Crippen LogP) is 4.99. The average molecular weight is 379 g/mol. The molecule has 0 radical (unpaired) electrons. The van der Waals surface area contributed by atoms with Gasteiger partial charge in [0.15, 0.2) is 6.10 Å². The molecule has 0 aliphatic heterocycles. The number of esters is 1. The molecule has 0 aromatic heterocycles. The Bertz CT molecular complexity index is 861. The molecule has 0 fully saturated rings. The number of benzene rings is 2. The zero-order chi connectivity index (χ0) is 20.1. The number of hydrogen-bond donors (Lipinski definition) is 0. The molecule has 0 amide bonds. The van der Waals surface area contributed by atoms with Crippen LogP contribution in [-0.4, -0.2) is 23.0 Å². The Labute approximate surface area is 165 Å². The van der Waals surface area contributed by atoms with Crippen molar-refractivity contribution in [1.82, 2.24) is 0 Å². The van der Waals surface area contributed by atoms with Gasteiger partial charge in [0.05, 0.1) is 5.92 Å². The van der Waals surface area contributed by atoms with Crippen LogP contribution < -0.4 is 0 Å². The standard InChI is InChI=1S/C23H25NO4/c1-16(24(26)27)17(2)28-23(25)20-13-14-21(18-9-5-3-6-10-18)22(15-20)19-11-7-4-8-12-19/h3-12,16-17,20H,13-15H2,1-2H3. The van der Waals surface area contributed by atoms with E-state index in [-0.39, 0.29) is 11.9 Å². The molecule has 0 heterocycles. The minimum Gasteiger partial charge on any atom is -0.455 e. The van der Waals surface area contributed by atoms with E-state index in [1.807, 2.05) is 36.4 Å². The van der Waals surface area contributed by atoms with Crippen molar-refractivity contribution >= 4 is 17.1 Å². The molecule has 0 bridgehead atoms. The third kappa shape index (κ3) is 4.47. The summed E-state index contributed by atoms with van der Waals surface area (Å²) in [4.78, 5) is 23.2. The first-order valence-corrected chi connectivity index (χ1v) is 9.64. The monoisotopic (exact) mass is 379 g/mol. The second-order valence-electron chi connectivity index (χ2n) is 7.30. The van der Waals surface area contributed by atoms with Crippen LogP contribution in [0.1, 0.15) is 44.2 Å². The minimum atomic E-state index is -0.920. The summed E-state index contributed by atoms with van der Waals surface area (Å²) in [6, 6.07) is 19.4. The topological polar surface area (TPSA) is 69.4 Å². The van der Waals surface area contributed by atoms with Gasteiger partial charge in [-0.25, -0.2) is 0 Å². The number of allylic oxidation sites excluding steroid dienone is 2. The molecule has 1 aliphatic carbocycles. The van der Waals surface area contributed by atoms with Crippen molar-refractivity contribution in [3.05, 3.63) is 81.9 Å². The summed E-state index contributed by atoms with van der Waals surface area (Å²) < 4.78 is 5.43. The van der Waals surface area contributed by atoms with Crippen molar-refractivity contribution in [2.24, 2.45) is 5.92 Å². The van der Waals surface area contributed by atoms with Gasteiger partial charge in [0.25, 0.3) is 0 Å². The summed E-state index contributed by atoms with van der Waals surface area (Å²) >= 11 is 0. The molecule has 3 unspecified atom stereocenters. The molecule has 0 saturated heterocycles. The number of ether oxygens (including phenoxy) is 1. The normalized spacial score (nSPS) is 19.0. The first-order valence-electron chi connectivity index (χ1n) is 9.64. The molecular formula is C23H25NO4. The second-order valence-corrected chi connectivity index (χ2v) is 7.30. The summed E-state index contributed by atoms with van der Waals surface area (Å²) in [5, 5.41) is 10.9. The zero-order valence-electron chi connectivity index (χ0n) is 16.2. The SMILES string of the molecule is CC(OC(=O)C1CCC(c2ccccc2)=C(c2ccccc2)C1)C(C)[N+](=O)[O-]. The zero-order valence-corrected chi connectivity index (χ0v) is 16.2. The highest BCUT2D eigenvalue weighted by Gasteiger charge is 2.32. The highest BCUT2D eigenvalue weighted by molar-refractivity contribution is 5.93. The third-order valence-corrected chi connectivity index (χ3v) is 5.45. The number of nitrogens with zero attached hydrogens (tertiary/aromatic N) is 1. The van der Waals surface area contributed by atoms with Crippen LogP contribution in [0.5, 0.6) is 0 Å². The number of hydrogen-bond acceptors (Lipinski definition) is 4. The fraction of sp³-hybridized carbons (Fsp3) is 0.348. The van der Waals surface area contributed by atoms with Crippen LogP contribution >= 0.6 is 0 Å². The lowest BCUT2D eigenvalue weighted by molar-refractivity contribution is -0.528. The lowest BCUT2D eigenvalue weighted by Crippen LogP contribution is -2.35. The van der Waals surface area contributed by atoms with E-state index >= 15 is 0 Å². The van der Waals surface area contributed by atoms with Gasteiger partial charge in [-0.3, -0.25) is 14.9 Å².